The molecule has 1 N–H and O–H groups in total. The molecule has 0 fully saturated rings. The van der Waals surface area contributed by atoms with Crippen molar-refractivity contribution in [2.45, 2.75) is 0 Å². The molecule has 0 aliphatic carbocycles. The highest BCUT2D eigenvalue weighted by Crippen LogP contribution is 2.21. The molecule has 3 nitrogen and oxygen atoms in total. The molecule has 76 valence electrons. The van der Waals surface area contributed by atoms with Crippen LogP contribution in [0, 0.1) is 0 Å². The van der Waals surface area contributed by atoms with Crippen LogP contribution in [-0.4, -0.2) is 12.0 Å². The second-order valence-electron chi connectivity index (χ2n) is 3.06. The molecule has 2 rings (SSSR count). The Bertz CT molecular complexity index is 411. The minimum absolute atomic E-state index is 0.794. The lowest BCUT2D eigenvalue weighted by molar-refractivity contribution is 0.482. The third kappa shape index (κ3) is 2.47. The minimum atomic E-state index is 0.794. The lowest BCUT2D eigenvalue weighted by atomic mass is 10.3. The number of hydrogen-bond acceptors (Lipinski definition) is 3. The molecule has 0 spiro atoms. The van der Waals surface area contributed by atoms with Crippen molar-refractivity contribution in [1.82, 2.24) is 4.98 Å². The second-order valence-corrected chi connectivity index (χ2v) is 3.06. The molecule has 0 atom stereocenters. The Kier molecular flexibility index (Phi) is 2.83. The summed E-state index contributed by atoms with van der Waals surface area (Å²) < 4.78 is 5.61. The number of hydrogen-bond donors (Lipinski definition) is 1. The predicted octanol–water partition coefficient (Wildman–Crippen LogP) is 2.92. The molecular formula is C12H12N2O. The second kappa shape index (κ2) is 4.46. The molecule has 0 aliphatic rings. The van der Waals surface area contributed by atoms with Crippen molar-refractivity contribution in [1.29, 1.82) is 0 Å². The van der Waals surface area contributed by atoms with E-state index in [4.69, 9.17) is 4.74 Å². The monoisotopic (exact) mass is 200 g/mol. The number of benzene rings is 1. The number of pyridine rings is 1. The average Bonchev–Trinajstić information content (AvgIpc) is 2.31. The zero-order valence-corrected chi connectivity index (χ0v) is 8.47. The van der Waals surface area contributed by atoms with E-state index in [1.54, 1.807) is 12.4 Å². The van der Waals surface area contributed by atoms with Crippen molar-refractivity contribution in [3.63, 3.8) is 0 Å². The fraction of sp³-hybridized carbons (Fsp3) is 0.0833. The van der Waals surface area contributed by atoms with Crippen LogP contribution in [0.5, 0.6) is 11.5 Å². The molecule has 0 unspecified atom stereocenters. The van der Waals surface area contributed by atoms with Crippen LogP contribution in [0.2, 0.25) is 0 Å². The third-order valence-corrected chi connectivity index (χ3v) is 2.03. The van der Waals surface area contributed by atoms with Crippen LogP contribution in [0.25, 0.3) is 0 Å². The smallest absolute Gasteiger partial charge is 0.130 e. The van der Waals surface area contributed by atoms with Crippen molar-refractivity contribution in [3.05, 3.63) is 48.8 Å². The molecule has 0 saturated carbocycles. The molecule has 0 radical (unpaired) electrons. The highest BCUT2D eigenvalue weighted by Gasteiger charge is 1.95. The van der Waals surface area contributed by atoms with Gasteiger partial charge in [0.15, 0.2) is 0 Å². The maximum atomic E-state index is 5.61. The van der Waals surface area contributed by atoms with E-state index < -0.39 is 0 Å². The zero-order valence-electron chi connectivity index (χ0n) is 8.47. The Hall–Kier alpha value is -2.03. The van der Waals surface area contributed by atoms with Crippen LogP contribution >= 0.6 is 0 Å². The van der Waals surface area contributed by atoms with Gasteiger partial charge in [0, 0.05) is 25.1 Å². The van der Waals surface area contributed by atoms with Gasteiger partial charge in [-0.1, -0.05) is 0 Å². The maximum absolute atomic E-state index is 5.61. The first-order chi connectivity index (χ1) is 7.38. The van der Waals surface area contributed by atoms with Crippen molar-refractivity contribution >= 4 is 5.69 Å². The number of nitrogens with zero attached hydrogens (tertiary/aromatic N) is 1. The third-order valence-electron chi connectivity index (χ3n) is 2.03. The molecule has 0 aliphatic heterocycles. The Morgan fingerprint density at radius 1 is 0.933 bits per heavy atom. The van der Waals surface area contributed by atoms with Crippen LogP contribution in [0.4, 0.5) is 5.69 Å². The van der Waals surface area contributed by atoms with E-state index in [0.717, 1.165) is 17.2 Å². The molecular weight excluding hydrogens is 188 g/mol. The lowest BCUT2D eigenvalue weighted by Crippen LogP contribution is -1.88. The fourth-order valence-electron chi connectivity index (χ4n) is 1.23. The fourth-order valence-corrected chi connectivity index (χ4v) is 1.23. The van der Waals surface area contributed by atoms with Crippen molar-refractivity contribution in [2.24, 2.45) is 0 Å². The van der Waals surface area contributed by atoms with Gasteiger partial charge in [0.25, 0.3) is 0 Å². The van der Waals surface area contributed by atoms with Crippen molar-refractivity contribution in [3.8, 4) is 11.5 Å². The highest BCUT2D eigenvalue weighted by molar-refractivity contribution is 5.46. The Morgan fingerprint density at radius 3 is 2.13 bits per heavy atom. The number of nitrogens with one attached hydrogen (secondary N) is 1. The van der Waals surface area contributed by atoms with Gasteiger partial charge in [0.1, 0.15) is 11.5 Å². The number of anilines is 1. The SMILES string of the molecule is CNc1ccc(Oc2ccncc2)cc1. The summed E-state index contributed by atoms with van der Waals surface area (Å²) in [4.78, 5) is 3.92. The standard InChI is InChI=1S/C12H12N2O/c1-13-10-2-4-11(5-3-10)15-12-6-8-14-9-7-12/h2-9,13H,1H3. The van der Waals surface area contributed by atoms with Crippen LogP contribution < -0.4 is 10.1 Å². The molecule has 1 aromatic heterocycles. The summed E-state index contributed by atoms with van der Waals surface area (Å²) in [6, 6.07) is 11.4. The van der Waals surface area contributed by atoms with Gasteiger partial charge in [0.2, 0.25) is 0 Å². The number of rotatable bonds is 3. The number of aromatic nitrogens is 1. The molecule has 0 bridgehead atoms. The molecule has 0 amide bonds. The van der Waals surface area contributed by atoms with Crippen LogP contribution in [0.3, 0.4) is 0 Å². The van der Waals surface area contributed by atoms with E-state index >= 15 is 0 Å². The van der Waals surface area contributed by atoms with E-state index in [2.05, 4.69) is 10.3 Å². The minimum Gasteiger partial charge on any atom is -0.457 e. The van der Waals surface area contributed by atoms with E-state index in [0.29, 0.717) is 0 Å². The van der Waals surface area contributed by atoms with Gasteiger partial charge in [-0.3, -0.25) is 4.98 Å². The first kappa shape index (κ1) is 9.52. The van der Waals surface area contributed by atoms with Crippen molar-refractivity contribution < 1.29 is 4.74 Å². The van der Waals surface area contributed by atoms with E-state index in [1.165, 1.54) is 0 Å². The molecule has 1 aromatic carbocycles. The molecule has 2 aromatic rings. The van der Waals surface area contributed by atoms with Crippen LogP contribution in [0.1, 0.15) is 0 Å². The molecule has 0 saturated heterocycles. The van der Waals surface area contributed by atoms with Crippen LogP contribution in [-0.2, 0) is 0 Å². The maximum Gasteiger partial charge on any atom is 0.130 e. The van der Waals surface area contributed by atoms with E-state index in [1.807, 2.05) is 43.4 Å². The van der Waals surface area contributed by atoms with Gasteiger partial charge < -0.3 is 10.1 Å². The van der Waals surface area contributed by atoms with Gasteiger partial charge in [-0.25, -0.2) is 0 Å². The van der Waals surface area contributed by atoms with Gasteiger partial charge in [0.05, 0.1) is 0 Å². The van der Waals surface area contributed by atoms with Gasteiger partial charge >= 0.3 is 0 Å². The first-order valence-corrected chi connectivity index (χ1v) is 4.74. The lowest BCUT2D eigenvalue weighted by Gasteiger charge is -2.05. The summed E-state index contributed by atoms with van der Waals surface area (Å²) in [6.45, 7) is 0. The summed E-state index contributed by atoms with van der Waals surface area (Å²) in [5.74, 6) is 1.61. The topological polar surface area (TPSA) is 34.1 Å². The molecule has 1 heterocycles. The quantitative estimate of drug-likeness (QED) is 0.827. The summed E-state index contributed by atoms with van der Waals surface area (Å²) in [5, 5.41) is 3.05. The summed E-state index contributed by atoms with van der Waals surface area (Å²) in [5.41, 5.74) is 1.07. The Labute approximate surface area is 88.7 Å². The average molecular weight is 200 g/mol. The number of ether oxygens (including phenoxy) is 1. The highest BCUT2D eigenvalue weighted by atomic mass is 16.5. The summed E-state index contributed by atoms with van der Waals surface area (Å²) in [7, 11) is 1.89. The first-order valence-electron chi connectivity index (χ1n) is 4.74. The van der Waals surface area contributed by atoms with Gasteiger partial charge in [-0.2, -0.15) is 0 Å². The summed E-state index contributed by atoms with van der Waals surface area (Å²) >= 11 is 0. The predicted molar refractivity (Wildman–Crippen MR) is 60.3 cm³/mol. The molecule has 15 heavy (non-hydrogen) atoms. The summed E-state index contributed by atoms with van der Waals surface area (Å²) in [6.07, 6.45) is 3.41. The Morgan fingerprint density at radius 2 is 1.53 bits per heavy atom. The van der Waals surface area contributed by atoms with Crippen molar-refractivity contribution in [2.75, 3.05) is 12.4 Å². The Balaban J connectivity index is 2.11. The van der Waals surface area contributed by atoms with E-state index in [9.17, 15) is 0 Å². The van der Waals surface area contributed by atoms with Gasteiger partial charge in [-0.05, 0) is 36.4 Å². The van der Waals surface area contributed by atoms with Gasteiger partial charge in [-0.15, -0.1) is 0 Å². The van der Waals surface area contributed by atoms with Crippen LogP contribution in [0.15, 0.2) is 48.8 Å². The largest absolute Gasteiger partial charge is 0.457 e. The van der Waals surface area contributed by atoms with E-state index in [-0.39, 0.29) is 0 Å². The zero-order chi connectivity index (χ0) is 10.5. The molecule has 3 heteroatoms. The normalized spacial score (nSPS) is 9.67.